The molecule has 0 heterocycles. The summed E-state index contributed by atoms with van der Waals surface area (Å²) in [6.45, 7) is 5.23. The van der Waals surface area contributed by atoms with Gasteiger partial charge in [0, 0.05) is 12.0 Å². The van der Waals surface area contributed by atoms with Crippen molar-refractivity contribution in [2.45, 2.75) is 45.3 Å². The molecular weight excluding hydrogens is 314 g/mol. The van der Waals surface area contributed by atoms with Crippen LogP contribution in [0.3, 0.4) is 0 Å². The number of hydrogen-bond donors (Lipinski definition) is 2. The highest BCUT2D eigenvalue weighted by atomic mass is 16.6. The average molecular weight is 337 g/mol. The van der Waals surface area contributed by atoms with Crippen molar-refractivity contribution >= 4 is 17.8 Å². The minimum absolute atomic E-state index is 0.0443. The molecule has 2 N–H and O–H groups in total. The molecule has 0 aromatic heterocycles. The smallest absolute Gasteiger partial charge is 0.328 e. The van der Waals surface area contributed by atoms with Crippen LogP contribution in [-0.2, 0) is 19.1 Å². The maximum absolute atomic E-state index is 12.2. The van der Waals surface area contributed by atoms with Crippen LogP contribution in [0.2, 0.25) is 0 Å². The number of methoxy groups -OCH3 is 1. The minimum Gasteiger partial charge on any atom is -0.508 e. The van der Waals surface area contributed by atoms with Crippen LogP contribution in [0.4, 0.5) is 0 Å². The average Bonchev–Trinajstić information content (AvgIpc) is 2.48. The van der Waals surface area contributed by atoms with Crippen LogP contribution in [0, 0.1) is 0 Å². The first-order chi connectivity index (χ1) is 11.1. The van der Waals surface area contributed by atoms with Crippen LogP contribution in [0.5, 0.6) is 5.75 Å². The Bertz CT molecular complexity index is 605. The van der Waals surface area contributed by atoms with Crippen LogP contribution in [0.25, 0.3) is 0 Å². The van der Waals surface area contributed by atoms with E-state index < -0.39 is 29.5 Å². The number of esters is 2. The fourth-order valence-corrected chi connectivity index (χ4v) is 1.93. The Balaban J connectivity index is 2.71. The van der Waals surface area contributed by atoms with Crippen molar-refractivity contribution in [2.75, 3.05) is 7.11 Å². The molecule has 0 aliphatic heterocycles. The third kappa shape index (κ3) is 6.68. The second kappa shape index (κ2) is 8.33. The van der Waals surface area contributed by atoms with Gasteiger partial charge in [-0.25, -0.2) is 4.79 Å². The summed E-state index contributed by atoms with van der Waals surface area (Å²) in [6, 6.07) is 4.72. The van der Waals surface area contributed by atoms with Crippen molar-refractivity contribution in [3.05, 3.63) is 29.8 Å². The number of amides is 1. The van der Waals surface area contributed by atoms with Crippen LogP contribution in [0.1, 0.15) is 44.0 Å². The van der Waals surface area contributed by atoms with Gasteiger partial charge in [-0.15, -0.1) is 0 Å². The topological polar surface area (TPSA) is 102 Å². The molecule has 0 radical (unpaired) electrons. The molecule has 0 aliphatic carbocycles. The summed E-state index contributed by atoms with van der Waals surface area (Å²) in [5.41, 5.74) is -0.427. The van der Waals surface area contributed by atoms with Gasteiger partial charge in [-0.2, -0.15) is 0 Å². The fourth-order valence-electron chi connectivity index (χ4n) is 1.93. The summed E-state index contributed by atoms with van der Waals surface area (Å²) in [5, 5.41) is 11.9. The van der Waals surface area contributed by atoms with Crippen molar-refractivity contribution in [1.29, 1.82) is 0 Å². The van der Waals surface area contributed by atoms with Gasteiger partial charge < -0.3 is 19.9 Å². The zero-order valence-corrected chi connectivity index (χ0v) is 14.3. The number of phenols is 1. The lowest BCUT2D eigenvalue weighted by atomic mass is 10.1. The van der Waals surface area contributed by atoms with E-state index in [1.807, 2.05) is 0 Å². The molecule has 1 atom stereocenters. The maximum atomic E-state index is 12.2. The molecule has 0 unspecified atom stereocenters. The standard InChI is InChI=1S/C17H23NO6/c1-17(2,3)24-14(20)9-8-13(16(22)23-4)18-15(21)11-6-5-7-12(19)10-11/h5-7,10,13,19H,8-9H2,1-4H3,(H,18,21)/t13-/m1/s1. The van der Waals surface area contributed by atoms with Gasteiger partial charge in [0.25, 0.3) is 5.91 Å². The summed E-state index contributed by atoms with van der Waals surface area (Å²) >= 11 is 0. The molecule has 0 saturated heterocycles. The highest BCUT2D eigenvalue weighted by Crippen LogP contribution is 2.13. The highest BCUT2D eigenvalue weighted by Gasteiger charge is 2.25. The second-order valence-electron chi connectivity index (χ2n) is 6.22. The predicted molar refractivity (Wildman–Crippen MR) is 86.5 cm³/mol. The van der Waals surface area contributed by atoms with E-state index in [0.29, 0.717) is 0 Å². The molecule has 0 spiro atoms. The first-order valence-electron chi connectivity index (χ1n) is 7.52. The van der Waals surface area contributed by atoms with Gasteiger partial charge in [0.05, 0.1) is 7.11 Å². The molecule has 1 amide bonds. The van der Waals surface area contributed by atoms with E-state index in [0.717, 1.165) is 0 Å². The van der Waals surface area contributed by atoms with E-state index >= 15 is 0 Å². The molecule has 0 bridgehead atoms. The minimum atomic E-state index is -0.989. The molecule has 0 saturated carbocycles. The molecular formula is C17H23NO6. The number of rotatable bonds is 6. The van der Waals surface area contributed by atoms with Crippen molar-refractivity contribution in [3.8, 4) is 5.75 Å². The lowest BCUT2D eigenvalue weighted by Crippen LogP contribution is -2.42. The van der Waals surface area contributed by atoms with Gasteiger partial charge in [-0.3, -0.25) is 9.59 Å². The zero-order chi connectivity index (χ0) is 18.3. The Morgan fingerprint density at radius 1 is 1.25 bits per heavy atom. The van der Waals surface area contributed by atoms with Gasteiger partial charge in [0.1, 0.15) is 17.4 Å². The van der Waals surface area contributed by atoms with E-state index in [1.54, 1.807) is 20.8 Å². The molecule has 0 fully saturated rings. The molecule has 7 heteroatoms. The van der Waals surface area contributed by atoms with Gasteiger partial charge >= 0.3 is 11.9 Å². The maximum Gasteiger partial charge on any atom is 0.328 e. The van der Waals surface area contributed by atoms with Crippen LogP contribution >= 0.6 is 0 Å². The second-order valence-corrected chi connectivity index (χ2v) is 6.22. The number of carbonyl (C=O) groups excluding carboxylic acids is 3. The van der Waals surface area contributed by atoms with E-state index in [-0.39, 0.29) is 24.2 Å². The van der Waals surface area contributed by atoms with Gasteiger partial charge in [-0.05, 0) is 45.4 Å². The summed E-state index contributed by atoms with van der Waals surface area (Å²) in [4.78, 5) is 35.7. The Labute approximate surface area is 141 Å². The monoisotopic (exact) mass is 337 g/mol. The van der Waals surface area contributed by atoms with Crippen molar-refractivity contribution in [2.24, 2.45) is 0 Å². The molecule has 1 aromatic carbocycles. The molecule has 7 nitrogen and oxygen atoms in total. The summed E-state index contributed by atoms with van der Waals surface area (Å²) in [7, 11) is 1.20. The first kappa shape index (κ1) is 19.5. The molecule has 132 valence electrons. The number of nitrogens with one attached hydrogen (secondary N) is 1. The molecule has 1 aromatic rings. The van der Waals surface area contributed by atoms with Gasteiger partial charge in [0.2, 0.25) is 0 Å². The number of phenolic OH excluding ortho intramolecular Hbond substituents is 1. The first-order valence-corrected chi connectivity index (χ1v) is 7.52. The summed E-state index contributed by atoms with van der Waals surface area (Å²) in [5.74, 6) is -1.74. The van der Waals surface area contributed by atoms with E-state index in [4.69, 9.17) is 4.74 Å². The Kier molecular flexibility index (Phi) is 6.76. The number of aromatic hydroxyl groups is 1. The van der Waals surface area contributed by atoms with Crippen molar-refractivity contribution in [1.82, 2.24) is 5.32 Å². The van der Waals surface area contributed by atoms with Gasteiger partial charge in [-0.1, -0.05) is 6.07 Å². The van der Waals surface area contributed by atoms with E-state index in [9.17, 15) is 19.5 Å². The highest BCUT2D eigenvalue weighted by molar-refractivity contribution is 5.97. The fraction of sp³-hybridized carbons (Fsp3) is 0.471. The molecule has 1 rings (SSSR count). The molecule has 0 aliphatic rings. The van der Waals surface area contributed by atoms with Crippen molar-refractivity contribution < 1.29 is 29.0 Å². The van der Waals surface area contributed by atoms with Gasteiger partial charge in [0.15, 0.2) is 0 Å². The number of ether oxygens (including phenoxy) is 2. The Morgan fingerprint density at radius 3 is 2.46 bits per heavy atom. The normalized spacial score (nSPS) is 12.2. The third-order valence-corrected chi connectivity index (χ3v) is 2.96. The summed E-state index contributed by atoms with van der Waals surface area (Å²) in [6.07, 6.45) is 0.00347. The third-order valence-electron chi connectivity index (χ3n) is 2.96. The van der Waals surface area contributed by atoms with Crippen molar-refractivity contribution in [3.63, 3.8) is 0 Å². The number of carbonyl (C=O) groups is 3. The Morgan fingerprint density at radius 2 is 1.92 bits per heavy atom. The van der Waals surface area contributed by atoms with Crippen LogP contribution < -0.4 is 5.32 Å². The number of hydrogen-bond acceptors (Lipinski definition) is 6. The molecule has 24 heavy (non-hydrogen) atoms. The Hall–Kier alpha value is -2.57. The number of benzene rings is 1. The van der Waals surface area contributed by atoms with E-state index in [1.165, 1.54) is 31.4 Å². The zero-order valence-electron chi connectivity index (χ0n) is 14.3. The van der Waals surface area contributed by atoms with Crippen LogP contribution in [0.15, 0.2) is 24.3 Å². The summed E-state index contributed by atoms with van der Waals surface area (Å²) < 4.78 is 9.82. The van der Waals surface area contributed by atoms with E-state index in [2.05, 4.69) is 10.1 Å². The lowest BCUT2D eigenvalue weighted by Gasteiger charge is -2.21. The SMILES string of the molecule is COC(=O)[C@@H](CCC(=O)OC(C)(C)C)NC(=O)c1cccc(O)c1. The predicted octanol–water partition coefficient (Wildman–Crippen LogP) is 1.79. The lowest BCUT2D eigenvalue weighted by molar-refractivity contribution is -0.155. The quantitative estimate of drug-likeness (QED) is 0.767. The van der Waals surface area contributed by atoms with Crippen LogP contribution in [-0.4, -0.2) is 41.7 Å². The largest absolute Gasteiger partial charge is 0.508 e.